The molecule has 2 bridgehead atoms. The fourth-order valence-corrected chi connectivity index (χ4v) is 4.64. The van der Waals surface area contributed by atoms with E-state index in [1.807, 2.05) is 0 Å². The Kier molecular flexibility index (Phi) is 4.73. The smallest absolute Gasteiger partial charge is 0.238 e. The topological polar surface area (TPSA) is 89.3 Å². The summed E-state index contributed by atoms with van der Waals surface area (Å²) in [5.74, 6) is 2.37. The van der Waals surface area contributed by atoms with Gasteiger partial charge in [-0.25, -0.2) is 13.6 Å². The molecular weight excluding hydrogens is 312 g/mol. The normalized spacial score (nSPS) is 26.4. The molecule has 1 aromatic rings. The van der Waals surface area contributed by atoms with Crippen LogP contribution in [0.3, 0.4) is 0 Å². The Hall–Kier alpha value is -1.40. The Morgan fingerprint density at radius 1 is 1.17 bits per heavy atom. The predicted octanol–water partition coefficient (Wildman–Crippen LogP) is 1.82. The van der Waals surface area contributed by atoms with Crippen molar-refractivity contribution in [1.29, 1.82) is 0 Å². The first-order valence-corrected chi connectivity index (χ1v) is 9.85. The van der Waals surface area contributed by atoms with Crippen LogP contribution in [0.5, 0.6) is 0 Å². The molecule has 0 spiro atoms. The van der Waals surface area contributed by atoms with E-state index in [9.17, 15) is 13.2 Å². The summed E-state index contributed by atoms with van der Waals surface area (Å²) in [4.78, 5) is 12.2. The maximum absolute atomic E-state index is 12.0. The van der Waals surface area contributed by atoms with Gasteiger partial charge in [0.1, 0.15) is 0 Å². The Labute approximate surface area is 137 Å². The van der Waals surface area contributed by atoms with Gasteiger partial charge in [0.2, 0.25) is 15.9 Å². The number of primary sulfonamides is 1. The first-order chi connectivity index (χ1) is 10.9. The number of benzene rings is 1. The second-order valence-corrected chi connectivity index (χ2v) is 8.49. The zero-order chi connectivity index (χ0) is 16.4. The van der Waals surface area contributed by atoms with Crippen molar-refractivity contribution in [1.82, 2.24) is 5.32 Å². The summed E-state index contributed by atoms with van der Waals surface area (Å²) in [5, 5.41) is 8.05. The standard InChI is InChI=1S/C17H24N2O3S/c18-23(21,22)16-5-2-12(3-6-16)7-8-19-17(20)11-15-10-13-1-4-14(15)9-13/h2-3,5-6,13-15H,1,4,7-11H2,(H,19,20)(H2,18,21,22)/t13-,14+,15-/m0/s1. The molecule has 3 rings (SSSR count). The molecular formula is C17H24N2O3S. The molecule has 2 fully saturated rings. The average molecular weight is 336 g/mol. The number of carbonyl (C=O) groups excluding carboxylic acids is 1. The lowest BCUT2D eigenvalue weighted by Crippen LogP contribution is -2.29. The van der Waals surface area contributed by atoms with Gasteiger partial charge in [-0.2, -0.15) is 0 Å². The molecule has 0 heterocycles. The van der Waals surface area contributed by atoms with Crippen LogP contribution in [-0.2, 0) is 21.2 Å². The summed E-state index contributed by atoms with van der Waals surface area (Å²) < 4.78 is 22.4. The molecule has 1 amide bonds. The number of carbonyl (C=O) groups is 1. The van der Waals surface area contributed by atoms with Gasteiger partial charge in [-0.1, -0.05) is 18.6 Å². The number of rotatable bonds is 6. The molecule has 0 radical (unpaired) electrons. The molecule has 3 atom stereocenters. The van der Waals surface area contributed by atoms with E-state index >= 15 is 0 Å². The number of amides is 1. The maximum Gasteiger partial charge on any atom is 0.238 e. The van der Waals surface area contributed by atoms with Gasteiger partial charge in [0.05, 0.1) is 4.90 Å². The van der Waals surface area contributed by atoms with Gasteiger partial charge >= 0.3 is 0 Å². The third kappa shape index (κ3) is 4.12. The quantitative estimate of drug-likeness (QED) is 0.830. The number of hydrogen-bond acceptors (Lipinski definition) is 3. The van der Waals surface area contributed by atoms with Crippen LogP contribution >= 0.6 is 0 Å². The van der Waals surface area contributed by atoms with Crippen molar-refractivity contribution in [3.63, 3.8) is 0 Å². The molecule has 0 aromatic heterocycles. The molecule has 3 N–H and O–H groups in total. The Morgan fingerprint density at radius 3 is 2.48 bits per heavy atom. The van der Waals surface area contributed by atoms with Crippen LogP contribution in [0.15, 0.2) is 29.2 Å². The maximum atomic E-state index is 12.0. The highest BCUT2D eigenvalue weighted by Gasteiger charge is 2.39. The highest BCUT2D eigenvalue weighted by molar-refractivity contribution is 7.89. The number of nitrogens with two attached hydrogens (primary N) is 1. The molecule has 0 unspecified atom stereocenters. The van der Waals surface area contributed by atoms with E-state index in [1.165, 1.54) is 37.8 Å². The minimum absolute atomic E-state index is 0.113. The molecule has 0 saturated heterocycles. The van der Waals surface area contributed by atoms with Crippen molar-refractivity contribution in [2.24, 2.45) is 22.9 Å². The Morgan fingerprint density at radius 2 is 1.91 bits per heavy atom. The predicted molar refractivity (Wildman–Crippen MR) is 88.1 cm³/mol. The fraction of sp³-hybridized carbons (Fsp3) is 0.588. The Bertz CT molecular complexity index is 670. The van der Waals surface area contributed by atoms with Crippen molar-refractivity contribution in [2.45, 2.75) is 43.4 Å². The van der Waals surface area contributed by atoms with Crippen molar-refractivity contribution < 1.29 is 13.2 Å². The molecule has 2 aliphatic rings. The second kappa shape index (κ2) is 6.61. The van der Waals surface area contributed by atoms with Gasteiger partial charge in [-0.3, -0.25) is 4.79 Å². The zero-order valence-corrected chi connectivity index (χ0v) is 14.0. The van der Waals surface area contributed by atoms with Gasteiger partial charge in [0, 0.05) is 13.0 Å². The molecule has 6 heteroatoms. The van der Waals surface area contributed by atoms with E-state index in [-0.39, 0.29) is 10.8 Å². The lowest BCUT2D eigenvalue weighted by Gasteiger charge is -2.20. The zero-order valence-electron chi connectivity index (χ0n) is 13.2. The van der Waals surface area contributed by atoms with Crippen LogP contribution in [0, 0.1) is 17.8 Å². The van der Waals surface area contributed by atoms with E-state index in [0.29, 0.717) is 25.3 Å². The second-order valence-electron chi connectivity index (χ2n) is 6.93. The summed E-state index contributed by atoms with van der Waals surface area (Å²) in [7, 11) is -3.64. The van der Waals surface area contributed by atoms with Gasteiger partial charge < -0.3 is 5.32 Å². The number of hydrogen-bond donors (Lipinski definition) is 2. The van der Waals surface area contributed by atoms with Crippen LogP contribution in [0.25, 0.3) is 0 Å². The molecule has 1 aromatic carbocycles. The summed E-state index contributed by atoms with van der Waals surface area (Å²) >= 11 is 0. The number of nitrogens with one attached hydrogen (secondary N) is 1. The minimum atomic E-state index is -3.64. The first-order valence-electron chi connectivity index (χ1n) is 8.30. The first kappa shape index (κ1) is 16.5. The number of fused-ring (bicyclic) bond motifs is 2. The molecule has 126 valence electrons. The van der Waals surface area contributed by atoms with Crippen molar-refractivity contribution >= 4 is 15.9 Å². The van der Waals surface area contributed by atoms with Crippen LogP contribution in [0.1, 0.15) is 37.7 Å². The van der Waals surface area contributed by atoms with Crippen LogP contribution < -0.4 is 10.5 Å². The summed E-state index contributed by atoms with van der Waals surface area (Å²) in [6.07, 6.45) is 6.57. The summed E-state index contributed by atoms with van der Waals surface area (Å²) in [6, 6.07) is 6.48. The van der Waals surface area contributed by atoms with Gasteiger partial charge in [-0.15, -0.1) is 0 Å². The highest BCUT2D eigenvalue weighted by atomic mass is 32.2. The highest BCUT2D eigenvalue weighted by Crippen LogP contribution is 2.49. The molecule has 0 aliphatic heterocycles. The minimum Gasteiger partial charge on any atom is -0.356 e. The molecule has 23 heavy (non-hydrogen) atoms. The fourth-order valence-electron chi connectivity index (χ4n) is 4.13. The third-order valence-electron chi connectivity index (χ3n) is 5.32. The van der Waals surface area contributed by atoms with Crippen LogP contribution in [0.2, 0.25) is 0 Å². The van der Waals surface area contributed by atoms with Gasteiger partial charge in [-0.05, 0) is 61.1 Å². The lowest BCUT2D eigenvalue weighted by atomic mass is 9.86. The largest absolute Gasteiger partial charge is 0.356 e. The summed E-state index contributed by atoms with van der Waals surface area (Å²) in [5.41, 5.74) is 0.984. The lowest BCUT2D eigenvalue weighted by molar-refractivity contribution is -0.122. The number of sulfonamides is 1. The van der Waals surface area contributed by atoms with E-state index in [2.05, 4.69) is 5.32 Å². The van der Waals surface area contributed by atoms with E-state index in [4.69, 9.17) is 5.14 Å². The van der Waals surface area contributed by atoms with Crippen molar-refractivity contribution in [3.8, 4) is 0 Å². The monoisotopic (exact) mass is 336 g/mol. The van der Waals surface area contributed by atoms with Crippen molar-refractivity contribution in [2.75, 3.05) is 6.54 Å². The van der Waals surface area contributed by atoms with E-state index in [1.54, 1.807) is 12.1 Å². The SMILES string of the molecule is NS(=O)(=O)c1ccc(CCNC(=O)C[C@@H]2C[C@H]3CC[C@@H]2C3)cc1. The molecule has 5 nitrogen and oxygen atoms in total. The van der Waals surface area contributed by atoms with Crippen LogP contribution in [-0.4, -0.2) is 20.9 Å². The van der Waals surface area contributed by atoms with Crippen molar-refractivity contribution in [3.05, 3.63) is 29.8 Å². The average Bonchev–Trinajstić information content (AvgIpc) is 3.09. The van der Waals surface area contributed by atoms with E-state index in [0.717, 1.165) is 17.4 Å². The summed E-state index contributed by atoms with van der Waals surface area (Å²) in [6.45, 7) is 0.578. The van der Waals surface area contributed by atoms with E-state index < -0.39 is 10.0 Å². The van der Waals surface area contributed by atoms with Crippen LogP contribution in [0.4, 0.5) is 0 Å². The Balaban J connectivity index is 1.41. The molecule has 2 aliphatic carbocycles. The van der Waals surface area contributed by atoms with Gasteiger partial charge in [0.15, 0.2) is 0 Å². The third-order valence-corrected chi connectivity index (χ3v) is 6.25. The molecule has 2 saturated carbocycles. The van der Waals surface area contributed by atoms with Gasteiger partial charge in [0.25, 0.3) is 0 Å².